The number of hydrogen-bond acceptors (Lipinski definition) is 4. The lowest BCUT2D eigenvalue weighted by molar-refractivity contribution is -0.119. The van der Waals surface area contributed by atoms with Crippen molar-refractivity contribution in [2.75, 3.05) is 11.9 Å². The average Bonchev–Trinajstić information content (AvgIpc) is 2.55. The molecule has 2 aromatic carbocycles. The molecule has 7 heteroatoms. The zero-order chi connectivity index (χ0) is 16.8. The molecule has 2 aromatic rings. The molecule has 0 unspecified atom stereocenters. The highest BCUT2D eigenvalue weighted by Crippen LogP contribution is 2.16. The zero-order valence-corrected chi connectivity index (χ0v) is 12.4. The van der Waals surface area contributed by atoms with Gasteiger partial charge in [0.2, 0.25) is 0 Å². The number of ether oxygens (including phenoxy) is 1. The van der Waals surface area contributed by atoms with Crippen LogP contribution in [0.15, 0.2) is 42.5 Å². The van der Waals surface area contributed by atoms with Crippen LogP contribution in [0.4, 0.5) is 10.1 Å². The van der Waals surface area contributed by atoms with Crippen molar-refractivity contribution in [2.24, 2.45) is 0 Å². The minimum atomic E-state index is -0.986. The van der Waals surface area contributed by atoms with Crippen molar-refractivity contribution in [3.63, 3.8) is 0 Å². The van der Waals surface area contributed by atoms with E-state index < -0.39 is 24.3 Å². The third-order valence-electron chi connectivity index (χ3n) is 2.78. The fraction of sp³-hybridized carbons (Fsp3) is 0.0625. The standard InChI is InChI=1S/C16H10ClFN2O3/c17-11-3-6-14(18)13(7-11)16(22)23-9-15(21)20-12-4-1-10(8-19)2-5-12/h1-7H,9H2,(H,20,21). The Morgan fingerprint density at radius 1 is 1.22 bits per heavy atom. The van der Waals surface area contributed by atoms with E-state index in [1.807, 2.05) is 6.07 Å². The quantitative estimate of drug-likeness (QED) is 0.872. The van der Waals surface area contributed by atoms with Gasteiger partial charge in [0.15, 0.2) is 6.61 Å². The van der Waals surface area contributed by atoms with Gasteiger partial charge in [0.1, 0.15) is 5.82 Å². The first-order valence-corrected chi connectivity index (χ1v) is 6.79. The number of carbonyl (C=O) groups excluding carboxylic acids is 2. The summed E-state index contributed by atoms with van der Waals surface area (Å²) in [6.45, 7) is -0.579. The van der Waals surface area contributed by atoms with Crippen LogP contribution in [-0.2, 0) is 9.53 Å². The lowest BCUT2D eigenvalue weighted by Gasteiger charge is -2.07. The first-order valence-electron chi connectivity index (χ1n) is 6.42. The maximum Gasteiger partial charge on any atom is 0.341 e. The number of halogens is 2. The van der Waals surface area contributed by atoms with Crippen molar-refractivity contribution in [1.29, 1.82) is 5.26 Å². The maximum atomic E-state index is 13.5. The number of rotatable bonds is 4. The summed E-state index contributed by atoms with van der Waals surface area (Å²) in [7, 11) is 0. The number of anilines is 1. The van der Waals surface area contributed by atoms with E-state index in [2.05, 4.69) is 5.32 Å². The fourth-order valence-corrected chi connectivity index (χ4v) is 1.86. The maximum absolute atomic E-state index is 13.5. The van der Waals surface area contributed by atoms with Crippen molar-refractivity contribution >= 4 is 29.2 Å². The average molecular weight is 333 g/mol. The van der Waals surface area contributed by atoms with Crippen LogP contribution >= 0.6 is 11.6 Å². The van der Waals surface area contributed by atoms with E-state index in [1.54, 1.807) is 0 Å². The second kappa shape index (κ2) is 7.38. The summed E-state index contributed by atoms with van der Waals surface area (Å²) in [5, 5.41) is 11.3. The number of esters is 1. The van der Waals surface area contributed by atoms with Gasteiger partial charge in [-0.25, -0.2) is 9.18 Å². The number of benzene rings is 2. The lowest BCUT2D eigenvalue weighted by Crippen LogP contribution is -2.21. The van der Waals surface area contributed by atoms with Crippen LogP contribution in [0.1, 0.15) is 15.9 Å². The smallest absolute Gasteiger partial charge is 0.341 e. The molecule has 0 saturated carbocycles. The van der Waals surface area contributed by atoms with Gasteiger partial charge in [-0.1, -0.05) is 11.6 Å². The Kier molecular flexibility index (Phi) is 5.28. The van der Waals surface area contributed by atoms with Gasteiger partial charge in [0, 0.05) is 10.7 Å². The summed E-state index contributed by atoms with van der Waals surface area (Å²) in [6, 6.07) is 11.5. The molecule has 0 aliphatic heterocycles. The molecule has 5 nitrogen and oxygen atoms in total. The SMILES string of the molecule is N#Cc1ccc(NC(=O)COC(=O)c2cc(Cl)ccc2F)cc1. The Morgan fingerprint density at radius 3 is 2.57 bits per heavy atom. The predicted molar refractivity (Wildman–Crippen MR) is 81.5 cm³/mol. The highest BCUT2D eigenvalue weighted by Gasteiger charge is 2.15. The third-order valence-corrected chi connectivity index (χ3v) is 3.02. The Bertz CT molecular complexity index is 785. The molecular formula is C16H10ClFN2O3. The topological polar surface area (TPSA) is 79.2 Å². The van der Waals surface area contributed by atoms with Gasteiger partial charge in [-0.05, 0) is 42.5 Å². The van der Waals surface area contributed by atoms with Crippen LogP contribution < -0.4 is 5.32 Å². The summed E-state index contributed by atoms with van der Waals surface area (Å²) in [5.41, 5.74) is 0.550. The van der Waals surface area contributed by atoms with Crippen LogP contribution in [0.3, 0.4) is 0 Å². The highest BCUT2D eigenvalue weighted by atomic mass is 35.5. The zero-order valence-electron chi connectivity index (χ0n) is 11.7. The first-order chi connectivity index (χ1) is 11.0. The molecule has 0 aliphatic carbocycles. The number of amides is 1. The number of nitrogens with one attached hydrogen (secondary N) is 1. The van der Waals surface area contributed by atoms with Gasteiger partial charge in [-0.15, -0.1) is 0 Å². The van der Waals surface area contributed by atoms with E-state index in [1.165, 1.54) is 30.3 Å². The van der Waals surface area contributed by atoms with Crippen molar-refractivity contribution in [1.82, 2.24) is 0 Å². The van der Waals surface area contributed by atoms with Crippen LogP contribution in [0, 0.1) is 17.1 Å². The Balaban J connectivity index is 1.92. The van der Waals surface area contributed by atoms with Crippen LogP contribution in [0.25, 0.3) is 0 Å². The Morgan fingerprint density at radius 2 is 1.91 bits per heavy atom. The summed E-state index contributed by atoms with van der Waals surface area (Å²) in [5.74, 6) is -2.36. The summed E-state index contributed by atoms with van der Waals surface area (Å²) < 4.78 is 18.2. The number of hydrogen-bond donors (Lipinski definition) is 1. The van der Waals surface area contributed by atoms with E-state index in [4.69, 9.17) is 21.6 Å². The van der Waals surface area contributed by atoms with Crippen molar-refractivity contribution in [2.45, 2.75) is 0 Å². The predicted octanol–water partition coefficient (Wildman–Crippen LogP) is 3.15. The molecule has 0 bridgehead atoms. The molecular weight excluding hydrogens is 323 g/mol. The molecule has 2 rings (SSSR count). The highest BCUT2D eigenvalue weighted by molar-refractivity contribution is 6.30. The van der Waals surface area contributed by atoms with Crippen molar-refractivity contribution < 1.29 is 18.7 Å². The number of nitriles is 1. The molecule has 0 aromatic heterocycles. The minimum absolute atomic E-state index is 0.181. The fourth-order valence-electron chi connectivity index (χ4n) is 1.69. The third kappa shape index (κ3) is 4.53. The van der Waals surface area contributed by atoms with Gasteiger partial charge in [0.25, 0.3) is 5.91 Å². The number of nitrogens with zero attached hydrogens (tertiary/aromatic N) is 1. The molecule has 0 fully saturated rings. The number of carbonyl (C=O) groups is 2. The summed E-state index contributed by atoms with van der Waals surface area (Å²) in [6.07, 6.45) is 0. The van der Waals surface area contributed by atoms with Crippen LogP contribution in [-0.4, -0.2) is 18.5 Å². The van der Waals surface area contributed by atoms with Crippen LogP contribution in [0.2, 0.25) is 5.02 Å². The van der Waals surface area contributed by atoms with Gasteiger partial charge < -0.3 is 10.1 Å². The normalized spacial score (nSPS) is 9.78. The van der Waals surface area contributed by atoms with Gasteiger partial charge >= 0.3 is 5.97 Å². The molecule has 23 heavy (non-hydrogen) atoms. The molecule has 0 aliphatic rings. The second-order valence-corrected chi connectivity index (χ2v) is 4.87. The van der Waals surface area contributed by atoms with Gasteiger partial charge in [-0.2, -0.15) is 5.26 Å². The molecule has 0 saturated heterocycles. The molecule has 1 amide bonds. The Labute approximate surface area is 136 Å². The summed E-state index contributed by atoms with van der Waals surface area (Å²) in [4.78, 5) is 23.4. The van der Waals surface area contributed by atoms with E-state index >= 15 is 0 Å². The first kappa shape index (κ1) is 16.5. The van der Waals surface area contributed by atoms with E-state index in [0.717, 1.165) is 12.1 Å². The minimum Gasteiger partial charge on any atom is -0.452 e. The molecule has 0 heterocycles. The molecule has 0 spiro atoms. The van der Waals surface area contributed by atoms with Gasteiger partial charge in [-0.3, -0.25) is 4.79 Å². The van der Waals surface area contributed by atoms with Crippen molar-refractivity contribution in [3.8, 4) is 6.07 Å². The van der Waals surface area contributed by atoms with E-state index in [-0.39, 0.29) is 10.6 Å². The largest absolute Gasteiger partial charge is 0.452 e. The molecule has 1 N–H and O–H groups in total. The van der Waals surface area contributed by atoms with Crippen LogP contribution in [0.5, 0.6) is 0 Å². The van der Waals surface area contributed by atoms with Crippen molar-refractivity contribution in [3.05, 3.63) is 64.4 Å². The molecule has 116 valence electrons. The lowest BCUT2D eigenvalue weighted by atomic mass is 10.2. The second-order valence-electron chi connectivity index (χ2n) is 4.44. The molecule has 0 radical (unpaired) electrons. The molecule has 0 atom stereocenters. The monoisotopic (exact) mass is 332 g/mol. The van der Waals surface area contributed by atoms with Gasteiger partial charge in [0.05, 0.1) is 17.2 Å². The Hall–Kier alpha value is -2.91. The summed E-state index contributed by atoms with van der Waals surface area (Å²) >= 11 is 5.68. The van der Waals surface area contributed by atoms with E-state index in [9.17, 15) is 14.0 Å². The van der Waals surface area contributed by atoms with E-state index in [0.29, 0.717) is 11.3 Å².